The maximum Gasteiger partial charge on any atom is 0.165 e. The lowest BCUT2D eigenvalue weighted by Crippen LogP contribution is -2.01. The Morgan fingerprint density at radius 1 is 1.44 bits per heavy atom. The van der Waals surface area contributed by atoms with E-state index >= 15 is 0 Å². The minimum atomic E-state index is -0.278. The van der Waals surface area contributed by atoms with Gasteiger partial charge in [-0.2, -0.15) is 11.8 Å². The van der Waals surface area contributed by atoms with E-state index in [0.717, 1.165) is 23.5 Å². The van der Waals surface area contributed by atoms with Gasteiger partial charge in [-0.25, -0.2) is 4.39 Å². The van der Waals surface area contributed by atoms with Crippen LogP contribution in [0.15, 0.2) is 18.2 Å². The van der Waals surface area contributed by atoms with Gasteiger partial charge in [-0.3, -0.25) is 0 Å². The second-order valence-corrected chi connectivity index (χ2v) is 5.25. The van der Waals surface area contributed by atoms with Crippen molar-refractivity contribution in [2.75, 3.05) is 18.1 Å². The highest BCUT2D eigenvalue weighted by molar-refractivity contribution is 9.08. The highest BCUT2D eigenvalue weighted by atomic mass is 79.9. The Kier molecular flexibility index (Phi) is 6.88. The molecule has 4 heteroatoms. The quantitative estimate of drug-likeness (QED) is 0.550. The summed E-state index contributed by atoms with van der Waals surface area (Å²) >= 11 is 5.16. The van der Waals surface area contributed by atoms with Crippen LogP contribution in [0, 0.1) is 5.82 Å². The number of alkyl halides is 1. The van der Waals surface area contributed by atoms with Crippen molar-refractivity contribution in [3.63, 3.8) is 0 Å². The van der Waals surface area contributed by atoms with Crippen LogP contribution in [-0.4, -0.2) is 18.1 Å². The van der Waals surface area contributed by atoms with Crippen molar-refractivity contribution in [1.29, 1.82) is 0 Å². The van der Waals surface area contributed by atoms with Crippen molar-refractivity contribution in [3.05, 3.63) is 29.6 Å². The minimum absolute atomic E-state index is 0.278. The molecule has 0 aromatic heterocycles. The summed E-state index contributed by atoms with van der Waals surface area (Å²) in [5.74, 6) is 2.26. The Morgan fingerprint density at radius 3 is 2.88 bits per heavy atom. The second kappa shape index (κ2) is 7.96. The predicted molar refractivity (Wildman–Crippen MR) is 72.1 cm³/mol. The van der Waals surface area contributed by atoms with Gasteiger partial charge in [0.1, 0.15) is 0 Å². The maximum absolute atomic E-state index is 13.5. The SMILES string of the molecule is CCSCCCOc1ccc(CBr)cc1F. The molecule has 0 fully saturated rings. The molecule has 0 radical (unpaired) electrons. The lowest BCUT2D eigenvalue weighted by Gasteiger charge is -2.07. The van der Waals surface area contributed by atoms with Gasteiger partial charge in [0.25, 0.3) is 0 Å². The fourth-order valence-corrected chi connectivity index (χ4v) is 2.19. The van der Waals surface area contributed by atoms with E-state index in [2.05, 4.69) is 22.9 Å². The van der Waals surface area contributed by atoms with E-state index in [1.807, 2.05) is 17.8 Å². The molecule has 1 aromatic rings. The zero-order valence-electron chi connectivity index (χ0n) is 9.34. The van der Waals surface area contributed by atoms with Gasteiger partial charge in [-0.05, 0) is 35.6 Å². The molecule has 16 heavy (non-hydrogen) atoms. The van der Waals surface area contributed by atoms with Crippen LogP contribution in [0.5, 0.6) is 5.75 Å². The number of hydrogen-bond donors (Lipinski definition) is 0. The van der Waals surface area contributed by atoms with E-state index in [1.165, 1.54) is 6.07 Å². The second-order valence-electron chi connectivity index (χ2n) is 3.30. The third-order valence-electron chi connectivity index (χ3n) is 2.05. The monoisotopic (exact) mass is 306 g/mol. The van der Waals surface area contributed by atoms with Crippen molar-refractivity contribution in [1.82, 2.24) is 0 Å². The van der Waals surface area contributed by atoms with Crippen LogP contribution in [0.4, 0.5) is 4.39 Å². The van der Waals surface area contributed by atoms with Gasteiger partial charge in [-0.1, -0.05) is 28.9 Å². The lowest BCUT2D eigenvalue weighted by atomic mass is 10.2. The Labute approximate surface area is 109 Å². The highest BCUT2D eigenvalue weighted by Crippen LogP contribution is 2.19. The first kappa shape index (κ1) is 13.8. The maximum atomic E-state index is 13.5. The summed E-state index contributed by atoms with van der Waals surface area (Å²) < 4.78 is 18.8. The first-order valence-corrected chi connectivity index (χ1v) is 7.60. The Bertz CT molecular complexity index is 320. The van der Waals surface area contributed by atoms with Crippen molar-refractivity contribution in [2.45, 2.75) is 18.7 Å². The van der Waals surface area contributed by atoms with Crippen molar-refractivity contribution in [3.8, 4) is 5.75 Å². The molecule has 1 aromatic carbocycles. The van der Waals surface area contributed by atoms with E-state index in [0.29, 0.717) is 17.7 Å². The Morgan fingerprint density at radius 2 is 2.25 bits per heavy atom. The van der Waals surface area contributed by atoms with Crippen molar-refractivity contribution < 1.29 is 9.13 Å². The van der Waals surface area contributed by atoms with E-state index in [4.69, 9.17) is 4.74 Å². The summed E-state index contributed by atoms with van der Waals surface area (Å²) in [6.45, 7) is 2.71. The summed E-state index contributed by atoms with van der Waals surface area (Å²) in [5.41, 5.74) is 0.923. The zero-order chi connectivity index (χ0) is 11.8. The van der Waals surface area contributed by atoms with Gasteiger partial charge < -0.3 is 4.74 Å². The van der Waals surface area contributed by atoms with Gasteiger partial charge in [0.05, 0.1) is 6.61 Å². The van der Waals surface area contributed by atoms with Gasteiger partial charge in [0, 0.05) is 5.33 Å². The summed E-state index contributed by atoms with van der Waals surface area (Å²) in [4.78, 5) is 0. The summed E-state index contributed by atoms with van der Waals surface area (Å²) in [6, 6.07) is 5.07. The summed E-state index contributed by atoms with van der Waals surface area (Å²) in [7, 11) is 0. The predicted octanol–water partition coefficient (Wildman–Crippen LogP) is 4.24. The smallest absolute Gasteiger partial charge is 0.165 e. The minimum Gasteiger partial charge on any atom is -0.490 e. The van der Waals surface area contributed by atoms with Gasteiger partial charge in [-0.15, -0.1) is 0 Å². The van der Waals surface area contributed by atoms with Crippen LogP contribution in [0.1, 0.15) is 18.9 Å². The molecule has 0 heterocycles. The Hall–Kier alpha value is -0.220. The first-order valence-electron chi connectivity index (χ1n) is 5.33. The van der Waals surface area contributed by atoms with Crippen LogP contribution in [0.3, 0.4) is 0 Å². The van der Waals surface area contributed by atoms with E-state index in [1.54, 1.807) is 6.07 Å². The Balaban J connectivity index is 2.36. The molecule has 0 aliphatic carbocycles. The lowest BCUT2D eigenvalue weighted by molar-refractivity contribution is 0.302. The molecule has 90 valence electrons. The van der Waals surface area contributed by atoms with Gasteiger partial charge in [0.2, 0.25) is 0 Å². The van der Waals surface area contributed by atoms with Crippen LogP contribution >= 0.6 is 27.7 Å². The third kappa shape index (κ3) is 4.74. The van der Waals surface area contributed by atoms with Crippen LogP contribution in [0.2, 0.25) is 0 Å². The highest BCUT2D eigenvalue weighted by Gasteiger charge is 2.03. The average molecular weight is 307 g/mol. The third-order valence-corrected chi connectivity index (χ3v) is 3.68. The standard InChI is InChI=1S/C12H16BrFOS/c1-2-16-7-3-6-15-12-5-4-10(9-13)8-11(12)14/h4-5,8H,2-3,6-7,9H2,1H3. The molecule has 1 rings (SSSR count). The average Bonchev–Trinajstić information content (AvgIpc) is 2.30. The molecule has 1 nitrogen and oxygen atoms in total. The zero-order valence-corrected chi connectivity index (χ0v) is 11.7. The molecule has 0 bridgehead atoms. The summed E-state index contributed by atoms with van der Waals surface area (Å²) in [6.07, 6.45) is 0.956. The number of halogens is 2. The molecule has 0 unspecified atom stereocenters. The number of ether oxygens (including phenoxy) is 1. The molecule has 0 saturated heterocycles. The van der Waals surface area contributed by atoms with Crippen molar-refractivity contribution in [2.24, 2.45) is 0 Å². The number of thioether (sulfide) groups is 1. The molecule has 0 aliphatic rings. The fourth-order valence-electron chi connectivity index (χ4n) is 1.23. The molecule has 0 atom stereocenters. The number of rotatable bonds is 7. The molecular weight excluding hydrogens is 291 g/mol. The van der Waals surface area contributed by atoms with Crippen LogP contribution < -0.4 is 4.74 Å². The largest absolute Gasteiger partial charge is 0.490 e. The van der Waals surface area contributed by atoms with Gasteiger partial charge in [0.15, 0.2) is 11.6 Å². The van der Waals surface area contributed by atoms with Crippen LogP contribution in [0.25, 0.3) is 0 Å². The molecule has 0 N–H and O–H groups in total. The summed E-state index contributed by atoms with van der Waals surface area (Å²) in [5, 5.41) is 0.664. The van der Waals surface area contributed by atoms with E-state index in [-0.39, 0.29) is 5.82 Å². The molecule has 0 spiro atoms. The fraction of sp³-hybridized carbons (Fsp3) is 0.500. The normalized spacial score (nSPS) is 10.4. The number of benzene rings is 1. The van der Waals surface area contributed by atoms with Crippen LogP contribution in [-0.2, 0) is 5.33 Å². The first-order chi connectivity index (χ1) is 7.77. The molecule has 0 aliphatic heterocycles. The molecule has 0 saturated carbocycles. The van der Waals surface area contributed by atoms with E-state index < -0.39 is 0 Å². The van der Waals surface area contributed by atoms with Gasteiger partial charge >= 0.3 is 0 Å². The molecular formula is C12H16BrFOS. The number of hydrogen-bond acceptors (Lipinski definition) is 2. The van der Waals surface area contributed by atoms with Crippen molar-refractivity contribution >= 4 is 27.7 Å². The molecule has 0 amide bonds. The van der Waals surface area contributed by atoms with E-state index in [9.17, 15) is 4.39 Å². The topological polar surface area (TPSA) is 9.23 Å².